The summed E-state index contributed by atoms with van der Waals surface area (Å²) in [6.45, 7) is 6.43. The van der Waals surface area contributed by atoms with E-state index in [1.807, 2.05) is 0 Å². The molecule has 3 rings (SSSR count). The molecule has 0 bridgehead atoms. The van der Waals surface area contributed by atoms with Gasteiger partial charge in [-0.25, -0.2) is 0 Å². The summed E-state index contributed by atoms with van der Waals surface area (Å²) in [5.74, 6) is 2.00. The van der Waals surface area contributed by atoms with E-state index < -0.39 is 0 Å². The molecule has 2 saturated heterocycles. The Morgan fingerprint density at radius 1 is 1.00 bits per heavy atom. The maximum absolute atomic E-state index is 3.90. The Morgan fingerprint density at radius 2 is 1.95 bits per heavy atom. The lowest BCUT2D eigenvalue weighted by Gasteiger charge is -2.33. The standard InChI is InChI=1S/C17H32N2/c1-14-5-4-6-15(13-14)8-10-18-16-9-12-19-11-3-2-7-17(16)19/h14-18H,2-13H2,1H3. The molecule has 110 valence electrons. The van der Waals surface area contributed by atoms with E-state index in [0.717, 1.165) is 23.9 Å². The highest BCUT2D eigenvalue weighted by Gasteiger charge is 2.34. The first-order chi connectivity index (χ1) is 9.33. The quantitative estimate of drug-likeness (QED) is 0.837. The molecule has 19 heavy (non-hydrogen) atoms. The van der Waals surface area contributed by atoms with Crippen LogP contribution in [0, 0.1) is 11.8 Å². The van der Waals surface area contributed by atoms with Crippen molar-refractivity contribution in [2.45, 2.75) is 76.8 Å². The van der Waals surface area contributed by atoms with Gasteiger partial charge in [0.2, 0.25) is 0 Å². The van der Waals surface area contributed by atoms with Crippen LogP contribution in [-0.2, 0) is 0 Å². The van der Waals surface area contributed by atoms with Crippen molar-refractivity contribution in [1.82, 2.24) is 10.2 Å². The zero-order valence-corrected chi connectivity index (χ0v) is 12.7. The summed E-state index contributed by atoms with van der Waals surface area (Å²) in [5, 5.41) is 3.90. The average molecular weight is 264 g/mol. The molecule has 0 amide bonds. The highest BCUT2D eigenvalue weighted by molar-refractivity contribution is 4.93. The van der Waals surface area contributed by atoms with Gasteiger partial charge in [0.1, 0.15) is 0 Å². The Morgan fingerprint density at radius 3 is 2.84 bits per heavy atom. The Kier molecular flexibility index (Phi) is 4.81. The number of rotatable bonds is 4. The lowest BCUT2D eigenvalue weighted by atomic mass is 9.81. The van der Waals surface area contributed by atoms with E-state index in [-0.39, 0.29) is 0 Å². The van der Waals surface area contributed by atoms with Gasteiger partial charge in [-0.2, -0.15) is 0 Å². The second-order valence-corrected chi connectivity index (χ2v) is 7.37. The van der Waals surface area contributed by atoms with E-state index in [2.05, 4.69) is 17.1 Å². The minimum atomic E-state index is 0.807. The molecule has 2 heterocycles. The van der Waals surface area contributed by atoms with Crippen LogP contribution < -0.4 is 5.32 Å². The first kappa shape index (κ1) is 13.9. The second kappa shape index (κ2) is 6.58. The van der Waals surface area contributed by atoms with Crippen molar-refractivity contribution in [2.24, 2.45) is 11.8 Å². The summed E-state index contributed by atoms with van der Waals surface area (Å²) in [5.41, 5.74) is 0. The van der Waals surface area contributed by atoms with E-state index in [1.54, 1.807) is 0 Å². The molecule has 3 fully saturated rings. The zero-order valence-electron chi connectivity index (χ0n) is 12.7. The molecule has 2 heteroatoms. The Labute approximate surface area is 119 Å². The molecule has 0 aromatic carbocycles. The van der Waals surface area contributed by atoms with Crippen LogP contribution in [0.5, 0.6) is 0 Å². The maximum Gasteiger partial charge on any atom is 0.0249 e. The van der Waals surface area contributed by atoms with Gasteiger partial charge in [-0.05, 0) is 57.0 Å². The number of nitrogens with one attached hydrogen (secondary N) is 1. The van der Waals surface area contributed by atoms with Crippen LogP contribution in [0.2, 0.25) is 0 Å². The van der Waals surface area contributed by atoms with Crippen LogP contribution in [0.4, 0.5) is 0 Å². The van der Waals surface area contributed by atoms with Crippen LogP contribution >= 0.6 is 0 Å². The van der Waals surface area contributed by atoms with Crippen molar-refractivity contribution in [1.29, 1.82) is 0 Å². The Hall–Kier alpha value is -0.0800. The summed E-state index contributed by atoms with van der Waals surface area (Å²) < 4.78 is 0. The predicted molar refractivity (Wildman–Crippen MR) is 81.4 cm³/mol. The van der Waals surface area contributed by atoms with Gasteiger partial charge < -0.3 is 5.32 Å². The lowest BCUT2D eigenvalue weighted by Crippen LogP contribution is -2.45. The van der Waals surface area contributed by atoms with Crippen molar-refractivity contribution in [3.05, 3.63) is 0 Å². The molecule has 4 unspecified atom stereocenters. The number of hydrogen-bond acceptors (Lipinski definition) is 2. The van der Waals surface area contributed by atoms with E-state index in [1.165, 1.54) is 77.4 Å². The summed E-state index contributed by atoms with van der Waals surface area (Å²) in [6, 6.07) is 1.68. The second-order valence-electron chi connectivity index (χ2n) is 7.37. The summed E-state index contributed by atoms with van der Waals surface area (Å²) in [4.78, 5) is 2.74. The molecular weight excluding hydrogens is 232 g/mol. The van der Waals surface area contributed by atoms with Crippen LogP contribution in [0.1, 0.15) is 64.7 Å². The lowest BCUT2D eigenvalue weighted by molar-refractivity contribution is 0.178. The van der Waals surface area contributed by atoms with Gasteiger partial charge in [-0.3, -0.25) is 4.90 Å². The van der Waals surface area contributed by atoms with Crippen molar-refractivity contribution < 1.29 is 0 Å². The fraction of sp³-hybridized carbons (Fsp3) is 1.00. The van der Waals surface area contributed by atoms with Crippen molar-refractivity contribution >= 4 is 0 Å². The number of fused-ring (bicyclic) bond motifs is 1. The van der Waals surface area contributed by atoms with E-state index >= 15 is 0 Å². The normalized spacial score (nSPS) is 40.3. The summed E-state index contributed by atoms with van der Waals surface area (Å²) in [6.07, 6.45) is 13.1. The molecule has 0 aromatic rings. The highest BCUT2D eigenvalue weighted by atomic mass is 15.2. The van der Waals surface area contributed by atoms with Crippen molar-refractivity contribution in [3.63, 3.8) is 0 Å². The Balaban J connectivity index is 1.38. The van der Waals surface area contributed by atoms with Gasteiger partial charge in [0.15, 0.2) is 0 Å². The SMILES string of the molecule is CC1CCCC(CCNC2CCN3CCCCC23)C1. The van der Waals surface area contributed by atoms with Gasteiger partial charge in [0, 0.05) is 18.6 Å². The van der Waals surface area contributed by atoms with Crippen LogP contribution in [0.25, 0.3) is 0 Å². The molecule has 1 aliphatic carbocycles. The summed E-state index contributed by atoms with van der Waals surface area (Å²) in [7, 11) is 0. The average Bonchev–Trinajstić information content (AvgIpc) is 2.83. The maximum atomic E-state index is 3.90. The first-order valence-electron chi connectivity index (χ1n) is 8.80. The molecule has 0 spiro atoms. The number of nitrogens with zero attached hydrogens (tertiary/aromatic N) is 1. The fourth-order valence-corrected chi connectivity index (χ4v) is 4.78. The highest BCUT2D eigenvalue weighted by Crippen LogP contribution is 2.31. The van der Waals surface area contributed by atoms with Crippen LogP contribution in [0.15, 0.2) is 0 Å². The van der Waals surface area contributed by atoms with Gasteiger partial charge in [-0.1, -0.05) is 32.6 Å². The molecule has 0 radical (unpaired) electrons. The molecule has 0 aromatic heterocycles. The molecule has 1 saturated carbocycles. The van der Waals surface area contributed by atoms with Crippen LogP contribution in [-0.4, -0.2) is 36.6 Å². The predicted octanol–water partition coefficient (Wildman–Crippen LogP) is 3.42. The third-order valence-electron chi connectivity index (χ3n) is 5.86. The first-order valence-corrected chi connectivity index (χ1v) is 8.80. The van der Waals surface area contributed by atoms with Gasteiger partial charge in [0.25, 0.3) is 0 Å². The third-order valence-corrected chi connectivity index (χ3v) is 5.86. The number of hydrogen-bond donors (Lipinski definition) is 1. The monoisotopic (exact) mass is 264 g/mol. The summed E-state index contributed by atoms with van der Waals surface area (Å²) >= 11 is 0. The molecule has 1 N–H and O–H groups in total. The van der Waals surface area contributed by atoms with Crippen molar-refractivity contribution in [3.8, 4) is 0 Å². The molecule has 2 nitrogen and oxygen atoms in total. The third kappa shape index (κ3) is 3.52. The zero-order chi connectivity index (χ0) is 13.1. The molecule has 4 atom stereocenters. The largest absolute Gasteiger partial charge is 0.312 e. The minimum Gasteiger partial charge on any atom is -0.312 e. The van der Waals surface area contributed by atoms with Crippen molar-refractivity contribution in [2.75, 3.05) is 19.6 Å². The van der Waals surface area contributed by atoms with E-state index in [4.69, 9.17) is 0 Å². The smallest absolute Gasteiger partial charge is 0.0249 e. The van der Waals surface area contributed by atoms with Gasteiger partial charge in [0.05, 0.1) is 0 Å². The molecular formula is C17H32N2. The Bertz CT molecular complexity index is 278. The van der Waals surface area contributed by atoms with E-state index in [0.29, 0.717) is 0 Å². The molecule has 3 aliphatic rings. The number of piperidine rings is 1. The van der Waals surface area contributed by atoms with Gasteiger partial charge >= 0.3 is 0 Å². The van der Waals surface area contributed by atoms with Crippen LogP contribution in [0.3, 0.4) is 0 Å². The topological polar surface area (TPSA) is 15.3 Å². The minimum absolute atomic E-state index is 0.807. The van der Waals surface area contributed by atoms with Gasteiger partial charge in [-0.15, -0.1) is 0 Å². The van der Waals surface area contributed by atoms with E-state index in [9.17, 15) is 0 Å². The fourth-order valence-electron chi connectivity index (χ4n) is 4.78. The molecule has 2 aliphatic heterocycles.